The Bertz CT molecular complexity index is 1770. The summed E-state index contributed by atoms with van der Waals surface area (Å²) in [5.74, 6) is 0.250. The average molecular weight is 690 g/mol. The Hall–Kier alpha value is -4.78. The maximum absolute atomic E-state index is 8.19. The third kappa shape index (κ3) is 6.23. The van der Waals surface area contributed by atoms with Crippen molar-refractivity contribution < 1.29 is 21.0 Å². The molecule has 8 bridgehead atoms. The van der Waals surface area contributed by atoms with Crippen LogP contribution in [0.5, 0.6) is 0 Å². The predicted molar refractivity (Wildman–Crippen MR) is 193 cm³/mol. The normalized spacial score (nSPS) is 26.7. The average Bonchev–Trinajstić information content (AvgIpc) is 4.02. The van der Waals surface area contributed by atoms with Gasteiger partial charge in [-0.05, 0) is 22.3 Å². The van der Waals surface area contributed by atoms with Crippen LogP contribution in [0.3, 0.4) is 0 Å². The van der Waals surface area contributed by atoms with Crippen LogP contribution in [-0.4, -0.2) is 24.2 Å². The summed E-state index contributed by atoms with van der Waals surface area (Å²) in [5.41, 5.74) is 9.42. The number of aromatic nitrogens is 2. The second-order valence-corrected chi connectivity index (χ2v) is 13.3. The number of fused-ring (bicyclic) bond motifs is 8. The SMILES string of the molecule is C1=CC2NC1C(c1ccccc1)c1ccc([n-]1)C(c1ccccc1)C1C=CC(N1)C(c1ccccc1)c1ccc([n-]1)C2c1ccccc1.[O]=[V+2]. The molecule has 3 aliphatic rings. The Morgan fingerprint density at radius 3 is 0.780 bits per heavy atom. The zero-order valence-electron chi connectivity index (χ0n) is 27.5. The van der Waals surface area contributed by atoms with Crippen LogP contribution >= 0.6 is 0 Å². The Morgan fingerprint density at radius 2 is 0.560 bits per heavy atom. The van der Waals surface area contributed by atoms with Gasteiger partial charge in [0.1, 0.15) is 0 Å². The molecule has 0 saturated heterocycles. The van der Waals surface area contributed by atoms with Gasteiger partial charge in [-0.1, -0.05) is 170 Å². The van der Waals surface area contributed by atoms with Crippen molar-refractivity contribution in [3.63, 3.8) is 0 Å². The minimum atomic E-state index is 0.0624. The van der Waals surface area contributed by atoms with Crippen molar-refractivity contribution in [2.24, 2.45) is 0 Å². The zero-order valence-corrected chi connectivity index (χ0v) is 28.9. The van der Waals surface area contributed by atoms with Crippen LogP contribution < -0.4 is 20.6 Å². The fourth-order valence-corrected chi connectivity index (χ4v) is 8.35. The molecule has 2 N–H and O–H groups in total. The van der Waals surface area contributed by atoms with Crippen molar-refractivity contribution in [2.75, 3.05) is 0 Å². The van der Waals surface area contributed by atoms with Gasteiger partial charge in [-0.25, -0.2) is 0 Å². The monoisotopic (exact) mass is 689 g/mol. The van der Waals surface area contributed by atoms with E-state index in [-0.39, 0.29) is 47.8 Å². The molecule has 6 aromatic rings. The van der Waals surface area contributed by atoms with Gasteiger partial charge in [0.25, 0.3) is 0 Å². The van der Waals surface area contributed by atoms with Crippen LogP contribution in [0.1, 0.15) is 68.7 Å². The van der Waals surface area contributed by atoms with Gasteiger partial charge in [0, 0.05) is 47.8 Å². The Balaban J connectivity index is 0.00000177. The second-order valence-electron chi connectivity index (χ2n) is 13.3. The van der Waals surface area contributed by atoms with Crippen molar-refractivity contribution in [3.05, 3.63) is 215 Å². The second kappa shape index (κ2) is 14.6. The first kappa shape index (κ1) is 32.4. The Morgan fingerprint density at radius 1 is 0.340 bits per heavy atom. The zero-order chi connectivity index (χ0) is 33.9. The molecule has 8 unspecified atom stereocenters. The minimum absolute atomic E-state index is 0.0624. The summed E-state index contributed by atoms with van der Waals surface area (Å²) in [6.07, 6.45) is 9.45. The summed E-state index contributed by atoms with van der Waals surface area (Å²) in [6, 6.07) is 52.7. The molecule has 0 spiro atoms. The molecule has 0 radical (unpaired) electrons. The molecule has 0 saturated carbocycles. The van der Waals surface area contributed by atoms with E-state index in [1.54, 1.807) is 0 Å². The summed E-state index contributed by atoms with van der Waals surface area (Å²) in [6.45, 7) is 0. The first-order valence-electron chi connectivity index (χ1n) is 17.3. The summed E-state index contributed by atoms with van der Waals surface area (Å²) < 4.78 is 8.19. The summed E-state index contributed by atoms with van der Waals surface area (Å²) in [4.78, 5) is 11.0. The molecule has 5 nitrogen and oxygen atoms in total. The van der Waals surface area contributed by atoms with E-state index in [0.717, 1.165) is 40.1 Å². The third-order valence-corrected chi connectivity index (χ3v) is 10.5. The van der Waals surface area contributed by atoms with Crippen LogP contribution in [0.15, 0.2) is 170 Å². The number of hydrogen-bond acceptors (Lipinski definition) is 3. The van der Waals surface area contributed by atoms with Crippen molar-refractivity contribution in [3.8, 4) is 0 Å². The number of nitrogens with one attached hydrogen (secondary N) is 2. The molecule has 0 aliphatic carbocycles. The van der Waals surface area contributed by atoms with Gasteiger partial charge in [0.2, 0.25) is 0 Å². The van der Waals surface area contributed by atoms with E-state index in [4.69, 9.17) is 13.6 Å². The Labute approximate surface area is 303 Å². The van der Waals surface area contributed by atoms with Gasteiger partial charge in [-0.15, -0.1) is 0 Å². The summed E-state index contributed by atoms with van der Waals surface area (Å²) in [5, 5.41) is 8.13. The van der Waals surface area contributed by atoms with E-state index >= 15 is 0 Å². The van der Waals surface area contributed by atoms with Crippen LogP contribution in [0.4, 0.5) is 0 Å². The van der Waals surface area contributed by atoms with Crippen molar-refractivity contribution in [1.82, 2.24) is 20.6 Å². The van der Waals surface area contributed by atoms with Gasteiger partial charge < -0.3 is 20.6 Å². The first-order chi connectivity index (χ1) is 24.8. The molecular weight excluding hydrogens is 651 g/mol. The van der Waals surface area contributed by atoms with Gasteiger partial charge in [-0.3, -0.25) is 0 Å². The predicted octanol–water partition coefficient (Wildman–Crippen LogP) is 7.51. The molecule has 4 aromatic carbocycles. The molecule has 8 atom stereocenters. The van der Waals surface area contributed by atoms with Gasteiger partial charge in [0.05, 0.1) is 0 Å². The number of benzene rings is 4. The first-order valence-corrected chi connectivity index (χ1v) is 17.9. The van der Waals surface area contributed by atoms with Gasteiger partial charge in [-0.2, -0.15) is 22.8 Å². The van der Waals surface area contributed by atoms with Crippen molar-refractivity contribution >= 4 is 0 Å². The Kier molecular flexibility index (Phi) is 9.47. The van der Waals surface area contributed by atoms with E-state index in [1.807, 2.05) is 0 Å². The molecule has 2 aromatic heterocycles. The fourth-order valence-electron chi connectivity index (χ4n) is 8.35. The van der Waals surface area contributed by atoms with Crippen molar-refractivity contribution in [1.29, 1.82) is 0 Å². The van der Waals surface area contributed by atoms with E-state index in [0.29, 0.717) is 0 Å². The maximum atomic E-state index is 8.19. The number of rotatable bonds is 4. The van der Waals surface area contributed by atoms with Crippen LogP contribution in [-0.2, 0) is 21.0 Å². The van der Waals surface area contributed by atoms with Crippen LogP contribution in [0.2, 0.25) is 0 Å². The van der Waals surface area contributed by atoms with E-state index in [1.165, 1.54) is 22.3 Å². The molecule has 6 heteroatoms. The van der Waals surface area contributed by atoms with Crippen LogP contribution in [0, 0.1) is 0 Å². The topological polar surface area (TPSA) is 69.3 Å². The number of hydrogen-bond donors (Lipinski definition) is 2. The van der Waals surface area contributed by atoms with Crippen LogP contribution in [0.25, 0.3) is 0 Å². The quantitative estimate of drug-likeness (QED) is 0.188. The molecule has 3 aliphatic heterocycles. The number of nitrogens with zero attached hydrogens (tertiary/aromatic N) is 2. The molecule has 245 valence electrons. The molecular formula is C44H38N4OV. The van der Waals surface area contributed by atoms with Gasteiger partial charge >= 0.3 is 21.0 Å². The van der Waals surface area contributed by atoms with Crippen molar-refractivity contribution in [2.45, 2.75) is 47.8 Å². The molecule has 5 heterocycles. The summed E-state index contributed by atoms with van der Waals surface area (Å²) >= 11 is 1.06. The molecule has 0 amide bonds. The van der Waals surface area contributed by atoms with Gasteiger partial charge in [0.15, 0.2) is 0 Å². The fraction of sp³-hybridized carbons (Fsp3) is 0.182. The van der Waals surface area contributed by atoms with E-state index in [9.17, 15) is 0 Å². The molecule has 50 heavy (non-hydrogen) atoms. The standard InChI is InChI=1S/C44H38N4.O.V/c1-5-13-29(14-6-1)41-33-21-23-35(45-33)42(30-15-7-2-8-16-30)37-25-27-39(47-37)44(32-19-11-4-12-20-32)40-28-26-38(48-40)43(31-17-9-3-10-18-31)36-24-22-34(41)46-36;;/h1-28,33,35,38,40-45,48H;;/q-2;;+2. The molecule has 0 fully saturated rings. The molecule has 9 rings (SSSR count). The van der Waals surface area contributed by atoms with E-state index in [2.05, 4.69) is 181 Å². The van der Waals surface area contributed by atoms with E-state index < -0.39 is 0 Å². The summed E-state index contributed by atoms with van der Waals surface area (Å²) in [7, 11) is 0. The third-order valence-electron chi connectivity index (χ3n) is 10.5.